The molecule has 1 rings (SSSR count). The summed E-state index contributed by atoms with van der Waals surface area (Å²) in [6.07, 6.45) is 8.55. The van der Waals surface area contributed by atoms with Crippen molar-refractivity contribution < 1.29 is 5.21 Å². The van der Waals surface area contributed by atoms with Crippen molar-refractivity contribution in [2.75, 3.05) is 13.1 Å². The largest absolute Gasteiger partial charge is 0.314 e. The Hall–Kier alpha value is -0.860. The van der Waals surface area contributed by atoms with Crippen LogP contribution in [0.3, 0.4) is 0 Å². The van der Waals surface area contributed by atoms with Crippen molar-refractivity contribution in [3.63, 3.8) is 0 Å². The zero-order valence-electron chi connectivity index (χ0n) is 11.6. The molecule has 0 fully saturated rings. The fraction of sp³-hybridized carbons (Fsp3) is 0.625. The second-order valence-corrected chi connectivity index (χ2v) is 4.96. The number of rotatable bonds is 10. The fourth-order valence-corrected chi connectivity index (χ4v) is 2.09. The van der Waals surface area contributed by atoms with Crippen LogP contribution >= 0.6 is 0 Å². The molecule has 0 aliphatic heterocycles. The zero-order chi connectivity index (χ0) is 13.1. The summed E-state index contributed by atoms with van der Waals surface area (Å²) in [4.78, 5) is 0. The lowest BCUT2D eigenvalue weighted by Gasteiger charge is -2.14. The minimum atomic E-state index is 0.735. The van der Waals surface area contributed by atoms with Crippen molar-refractivity contribution in [3.8, 4) is 0 Å². The molecule has 0 atom stereocenters. The van der Waals surface area contributed by atoms with Gasteiger partial charge in [-0.25, -0.2) is 0 Å². The van der Waals surface area contributed by atoms with Crippen LogP contribution in [0, 0.1) is 0 Å². The minimum absolute atomic E-state index is 0.735. The summed E-state index contributed by atoms with van der Waals surface area (Å²) in [7, 11) is 0. The lowest BCUT2D eigenvalue weighted by atomic mass is 10.1. The van der Waals surface area contributed by atoms with Crippen LogP contribution in [0.5, 0.6) is 0 Å². The van der Waals surface area contributed by atoms with E-state index in [1.54, 1.807) is 0 Å². The van der Waals surface area contributed by atoms with Crippen LogP contribution in [-0.4, -0.2) is 23.4 Å². The molecular formula is C16H27NO. The summed E-state index contributed by atoms with van der Waals surface area (Å²) >= 11 is 0. The Kier molecular flexibility index (Phi) is 8.53. The first-order chi connectivity index (χ1) is 8.83. The Balaban J connectivity index is 1.99. The highest BCUT2D eigenvalue weighted by molar-refractivity contribution is 5.14. The number of hydroxylamine groups is 2. The van der Waals surface area contributed by atoms with Gasteiger partial charge in [0.1, 0.15) is 0 Å². The molecule has 1 aromatic rings. The Morgan fingerprint density at radius 3 is 2.28 bits per heavy atom. The molecular weight excluding hydrogens is 222 g/mol. The van der Waals surface area contributed by atoms with Gasteiger partial charge in [-0.3, -0.25) is 0 Å². The molecule has 2 nitrogen and oxygen atoms in total. The van der Waals surface area contributed by atoms with Crippen LogP contribution in [0.2, 0.25) is 0 Å². The van der Waals surface area contributed by atoms with Gasteiger partial charge in [0.2, 0.25) is 0 Å². The molecule has 0 spiro atoms. The standard InChI is InChI=1S/C16H27NO/c1-2-3-4-5-6-10-14-17(18)15-13-16-11-8-7-9-12-16/h7-9,11-12,18H,2-6,10,13-15H2,1H3. The lowest BCUT2D eigenvalue weighted by Crippen LogP contribution is -2.23. The number of nitrogens with zero attached hydrogens (tertiary/aromatic N) is 1. The predicted molar refractivity (Wildman–Crippen MR) is 76.9 cm³/mol. The summed E-state index contributed by atoms with van der Waals surface area (Å²) in [6.45, 7) is 3.77. The molecule has 0 aliphatic carbocycles. The summed E-state index contributed by atoms with van der Waals surface area (Å²) in [5.74, 6) is 0. The molecule has 2 heteroatoms. The number of hydrogen-bond acceptors (Lipinski definition) is 2. The molecule has 0 bridgehead atoms. The second kappa shape index (κ2) is 10.1. The highest BCUT2D eigenvalue weighted by Gasteiger charge is 2.00. The van der Waals surface area contributed by atoms with Gasteiger partial charge in [0.05, 0.1) is 0 Å². The van der Waals surface area contributed by atoms with Crippen LogP contribution in [0.1, 0.15) is 51.0 Å². The number of unbranched alkanes of at least 4 members (excludes halogenated alkanes) is 5. The third kappa shape index (κ3) is 7.46. The molecule has 1 aromatic carbocycles. The van der Waals surface area contributed by atoms with E-state index >= 15 is 0 Å². The van der Waals surface area contributed by atoms with Crippen molar-refractivity contribution in [2.45, 2.75) is 51.9 Å². The molecule has 0 aliphatic rings. The van der Waals surface area contributed by atoms with Crippen LogP contribution in [0.4, 0.5) is 0 Å². The first-order valence-corrected chi connectivity index (χ1v) is 7.30. The molecule has 0 saturated carbocycles. The third-order valence-corrected chi connectivity index (χ3v) is 3.27. The fourth-order valence-electron chi connectivity index (χ4n) is 2.09. The SMILES string of the molecule is CCCCCCCCN(O)CCc1ccccc1. The molecule has 0 amide bonds. The van der Waals surface area contributed by atoms with Gasteiger partial charge in [0, 0.05) is 13.1 Å². The molecule has 18 heavy (non-hydrogen) atoms. The number of hydrogen-bond donors (Lipinski definition) is 1. The normalized spacial score (nSPS) is 11.1. The zero-order valence-corrected chi connectivity index (χ0v) is 11.6. The van der Waals surface area contributed by atoms with E-state index in [-0.39, 0.29) is 0 Å². The second-order valence-electron chi connectivity index (χ2n) is 4.96. The van der Waals surface area contributed by atoms with Crippen LogP contribution in [0.25, 0.3) is 0 Å². The summed E-state index contributed by atoms with van der Waals surface area (Å²) < 4.78 is 0. The van der Waals surface area contributed by atoms with E-state index < -0.39 is 0 Å². The van der Waals surface area contributed by atoms with Crippen LogP contribution < -0.4 is 0 Å². The smallest absolute Gasteiger partial charge is 0.0278 e. The topological polar surface area (TPSA) is 23.5 Å². The van der Waals surface area contributed by atoms with E-state index in [4.69, 9.17) is 0 Å². The predicted octanol–water partition coefficient (Wildman–Crippen LogP) is 4.28. The third-order valence-electron chi connectivity index (χ3n) is 3.27. The van der Waals surface area contributed by atoms with E-state index in [0.717, 1.165) is 25.9 Å². The first-order valence-electron chi connectivity index (χ1n) is 7.30. The average molecular weight is 249 g/mol. The lowest BCUT2D eigenvalue weighted by molar-refractivity contribution is -0.0905. The summed E-state index contributed by atoms with van der Waals surface area (Å²) in [6, 6.07) is 10.3. The quantitative estimate of drug-likeness (QED) is 0.494. The summed E-state index contributed by atoms with van der Waals surface area (Å²) in [5.41, 5.74) is 1.29. The van der Waals surface area contributed by atoms with Gasteiger partial charge < -0.3 is 5.21 Å². The Morgan fingerprint density at radius 2 is 1.56 bits per heavy atom. The van der Waals surface area contributed by atoms with Gasteiger partial charge in [-0.2, -0.15) is 5.06 Å². The first kappa shape index (κ1) is 15.2. The Labute approximate surface area is 112 Å². The van der Waals surface area contributed by atoms with Gasteiger partial charge in [-0.05, 0) is 18.4 Å². The highest BCUT2D eigenvalue weighted by atomic mass is 16.5. The van der Waals surface area contributed by atoms with Crippen LogP contribution in [0.15, 0.2) is 30.3 Å². The molecule has 102 valence electrons. The van der Waals surface area contributed by atoms with E-state index in [2.05, 4.69) is 19.1 Å². The van der Waals surface area contributed by atoms with Gasteiger partial charge in [0.15, 0.2) is 0 Å². The molecule has 0 aromatic heterocycles. The van der Waals surface area contributed by atoms with Crippen LogP contribution in [-0.2, 0) is 6.42 Å². The number of benzene rings is 1. The molecule has 0 heterocycles. The molecule has 1 N–H and O–H groups in total. The highest BCUT2D eigenvalue weighted by Crippen LogP contribution is 2.06. The van der Waals surface area contributed by atoms with E-state index in [1.807, 2.05) is 18.2 Å². The monoisotopic (exact) mass is 249 g/mol. The van der Waals surface area contributed by atoms with Gasteiger partial charge in [-0.15, -0.1) is 0 Å². The maximum Gasteiger partial charge on any atom is 0.0278 e. The maximum absolute atomic E-state index is 9.75. The van der Waals surface area contributed by atoms with E-state index in [1.165, 1.54) is 42.7 Å². The average Bonchev–Trinajstić information content (AvgIpc) is 2.41. The van der Waals surface area contributed by atoms with Gasteiger partial charge in [0.25, 0.3) is 0 Å². The van der Waals surface area contributed by atoms with Crippen molar-refractivity contribution in [1.82, 2.24) is 5.06 Å². The van der Waals surface area contributed by atoms with Crippen molar-refractivity contribution in [2.24, 2.45) is 0 Å². The van der Waals surface area contributed by atoms with Crippen molar-refractivity contribution in [1.29, 1.82) is 0 Å². The molecule has 0 radical (unpaired) electrons. The van der Waals surface area contributed by atoms with Gasteiger partial charge >= 0.3 is 0 Å². The Bertz CT molecular complexity index is 286. The minimum Gasteiger partial charge on any atom is -0.314 e. The maximum atomic E-state index is 9.75. The van der Waals surface area contributed by atoms with Crippen molar-refractivity contribution >= 4 is 0 Å². The molecule has 0 saturated heterocycles. The van der Waals surface area contributed by atoms with Gasteiger partial charge in [-0.1, -0.05) is 69.4 Å². The van der Waals surface area contributed by atoms with E-state index in [9.17, 15) is 5.21 Å². The Morgan fingerprint density at radius 1 is 0.889 bits per heavy atom. The van der Waals surface area contributed by atoms with E-state index in [0.29, 0.717) is 0 Å². The van der Waals surface area contributed by atoms with Crippen molar-refractivity contribution in [3.05, 3.63) is 35.9 Å². The summed E-state index contributed by atoms with van der Waals surface area (Å²) in [5, 5.41) is 11.2. The molecule has 0 unspecified atom stereocenters.